The number of nitrogens with one attached hydrogen (secondary N) is 2. The molecule has 180 valence electrons. The number of phenols is 1. The fourth-order valence-corrected chi connectivity index (χ4v) is 3.65. The monoisotopic (exact) mass is 471 g/mol. The third kappa shape index (κ3) is 7.53. The number of carbonyl (C=O) groups excluding carboxylic acids is 1. The molecule has 0 radical (unpaired) electrons. The molecular weight excluding hydrogens is 442 g/mol. The van der Waals surface area contributed by atoms with Crippen LogP contribution in [0.4, 0.5) is 5.69 Å². The summed E-state index contributed by atoms with van der Waals surface area (Å²) in [4.78, 5) is 16.8. The van der Waals surface area contributed by atoms with E-state index in [1.165, 1.54) is 0 Å². The zero-order chi connectivity index (χ0) is 24.5. The number of benzene rings is 3. The zero-order valence-electron chi connectivity index (χ0n) is 19.4. The van der Waals surface area contributed by atoms with Crippen LogP contribution in [0.5, 0.6) is 11.5 Å². The van der Waals surface area contributed by atoms with E-state index in [2.05, 4.69) is 15.6 Å². The molecule has 7 nitrogen and oxygen atoms in total. The van der Waals surface area contributed by atoms with Gasteiger partial charge >= 0.3 is 0 Å². The SMILES string of the molecule is O=C(Cc1cc2ccccc2cn1)Nc1ccc(CCNC[C@H](O)COc2ccc(O)cc2)cc1. The van der Waals surface area contributed by atoms with E-state index in [1.54, 1.807) is 30.5 Å². The number of anilines is 1. The lowest BCUT2D eigenvalue weighted by molar-refractivity contribution is -0.115. The summed E-state index contributed by atoms with van der Waals surface area (Å²) in [7, 11) is 0. The number of hydrogen-bond acceptors (Lipinski definition) is 6. The first-order valence-corrected chi connectivity index (χ1v) is 11.6. The van der Waals surface area contributed by atoms with Crippen LogP contribution in [0.25, 0.3) is 10.8 Å². The molecule has 4 aromatic rings. The first-order valence-electron chi connectivity index (χ1n) is 11.6. The standard InChI is InChI=1S/C28H29N3O4/c32-25-9-11-27(12-10-25)35-19-26(33)18-29-14-13-20-5-7-23(8-6-20)31-28(34)16-24-15-21-3-1-2-4-22(21)17-30-24/h1-12,15,17,26,29,32-33H,13-14,16,18-19H2,(H,31,34)/t26-/m0/s1. The van der Waals surface area contributed by atoms with Crippen molar-refractivity contribution in [2.75, 3.05) is 25.0 Å². The topological polar surface area (TPSA) is 104 Å². The van der Waals surface area contributed by atoms with Crippen LogP contribution in [0.15, 0.2) is 85.1 Å². The highest BCUT2D eigenvalue weighted by Crippen LogP contribution is 2.16. The van der Waals surface area contributed by atoms with E-state index in [9.17, 15) is 15.0 Å². The van der Waals surface area contributed by atoms with Crippen molar-refractivity contribution in [1.82, 2.24) is 10.3 Å². The Labute approximate surface area is 204 Å². The quantitative estimate of drug-likeness (QED) is 0.249. The maximum absolute atomic E-state index is 12.4. The molecule has 0 unspecified atom stereocenters. The minimum absolute atomic E-state index is 0.106. The molecule has 1 amide bonds. The molecule has 0 spiro atoms. The van der Waals surface area contributed by atoms with Crippen LogP contribution < -0.4 is 15.4 Å². The van der Waals surface area contributed by atoms with Crippen molar-refractivity contribution >= 4 is 22.4 Å². The maximum atomic E-state index is 12.4. The molecular formula is C28H29N3O4. The third-order valence-electron chi connectivity index (χ3n) is 5.52. The molecule has 0 aliphatic heterocycles. The molecule has 35 heavy (non-hydrogen) atoms. The highest BCUT2D eigenvalue weighted by Gasteiger charge is 2.08. The van der Waals surface area contributed by atoms with Gasteiger partial charge in [-0.2, -0.15) is 0 Å². The van der Waals surface area contributed by atoms with E-state index < -0.39 is 6.10 Å². The highest BCUT2D eigenvalue weighted by atomic mass is 16.5. The number of aliphatic hydroxyl groups is 1. The second kappa shape index (κ2) is 12.0. The fourth-order valence-electron chi connectivity index (χ4n) is 3.65. The zero-order valence-corrected chi connectivity index (χ0v) is 19.4. The van der Waals surface area contributed by atoms with Gasteiger partial charge in [0.25, 0.3) is 0 Å². The average molecular weight is 472 g/mol. The number of pyridine rings is 1. The lowest BCUT2D eigenvalue weighted by Gasteiger charge is -2.13. The number of ether oxygens (including phenoxy) is 1. The second-order valence-electron chi connectivity index (χ2n) is 8.36. The van der Waals surface area contributed by atoms with Crippen molar-refractivity contribution in [3.8, 4) is 11.5 Å². The summed E-state index contributed by atoms with van der Waals surface area (Å²) in [6.45, 7) is 1.28. The molecule has 1 atom stereocenters. The number of hydrogen-bond donors (Lipinski definition) is 4. The van der Waals surface area contributed by atoms with Gasteiger partial charge < -0.3 is 25.6 Å². The highest BCUT2D eigenvalue weighted by molar-refractivity contribution is 5.92. The van der Waals surface area contributed by atoms with Gasteiger partial charge in [0.15, 0.2) is 0 Å². The van der Waals surface area contributed by atoms with Crippen molar-refractivity contribution in [2.45, 2.75) is 18.9 Å². The van der Waals surface area contributed by atoms with Crippen molar-refractivity contribution < 1.29 is 19.7 Å². The second-order valence-corrected chi connectivity index (χ2v) is 8.36. The molecule has 0 fully saturated rings. The molecule has 0 saturated carbocycles. The van der Waals surface area contributed by atoms with E-state index in [0.717, 1.165) is 34.1 Å². The van der Waals surface area contributed by atoms with Gasteiger partial charge in [0.05, 0.1) is 12.1 Å². The largest absolute Gasteiger partial charge is 0.508 e. The van der Waals surface area contributed by atoms with Gasteiger partial charge in [-0.3, -0.25) is 9.78 Å². The molecule has 0 aliphatic carbocycles. The molecule has 0 bridgehead atoms. The number of aliphatic hydroxyl groups excluding tert-OH is 1. The van der Waals surface area contributed by atoms with E-state index >= 15 is 0 Å². The molecule has 0 aliphatic rings. The number of rotatable bonds is 11. The van der Waals surface area contributed by atoms with E-state index in [1.807, 2.05) is 54.6 Å². The third-order valence-corrected chi connectivity index (χ3v) is 5.52. The number of amides is 1. The number of nitrogens with zero attached hydrogens (tertiary/aromatic N) is 1. The summed E-state index contributed by atoms with van der Waals surface area (Å²) in [6.07, 6.45) is 2.16. The lowest BCUT2D eigenvalue weighted by Crippen LogP contribution is -2.32. The van der Waals surface area contributed by atoms with E-state index in [-0.39, 0.29) is 24.7 Å². The first-order chi connectivity index (χ1) is 17.0. The van der Waals surface area contributed by atoms with Gasteiger partial charge in [-0.15, -0.1) is 0 Å². The van der Waals surface area contributed by atoms with Crippen LogP contribution in [0.2, 0.25) is 0 Å². The minimum Gasteiger partial charge on any atom is -0.508 e. The normalized spacial score (nSPS) is 11.8. The van der Waals surface area contributed by atoms with Gasteiger partial charge in [-0.1, -0.05) is 36.4 Å². The first kappa shape index (κ1) is 24.2. The van der Waals surface area contributed by atoms with Crippen LogP contribution in [-0.4, -0.2) is 46.9 Å². The van der Waals surface area contributed by atoms with Crippen LogP contribution in [0, 0.1) is 0 Å². The van der Waals surface area contributed by atoms with Gasteiger partial charge in [0, 0.05) is 23.8 Å². The Balaban J connectivity index is 1.15. The van der Waals surface area contributed by atoms with E-state index in [4.69, 9.17) is 4.74 Å². The van der Waals surface area contributed by atoms with Crippen molar-refractivity contribution in [3.63, 3.8) is 0 Å². The average Bonchev–Trinajstić information content (AvgIpc) is 2.87. The Bertz CT molecular complexity index is 1240. The number of fused-ring (bicyclic) bond motifs is 1. The van der Waals surface area contributed by atoms with Crippen molar-refractivity contribution in [2.24, 2.45) is 0 Å². The van der Waals surface area contributed by atoms with Gasteiger partial charge in [-0.05, 0) is 66.4 Å². The summed E-state index contributed by atoms with van der Waals surface area (Å²) in [5.41, 5.74) is 2.61. The lowest BCUT2D eigenvalue weighted by atomic mass is 10.1. The summed E-state index contributed by atoms with van der Waals surface area (Å²) in [5, 5.41) is 27.6. The Hall–Kier alpha value is -3.94. The van der Waals surface area contributed by atoms with Crippen LogP contribution in [0.3, 0.4) is 0 Å². The number of aromatic hydroxyl groups is 1. The summed E-state index contributed by atoms with van der Waals surface area (Å²) >= 11 is 0. The van der Waals surface area contributed by atoms with Gasteiger partial charge in [0.2, 0.25) is 5.91 Å². The number of aromatic nitrogens is 1. The number of carbonyl (C=O) groups is 1. The molecule has 3 aromatic carbocycles. The Morgan fingerprint density at radius 2 is 1.71 bits per heavy atom. The van der Waals surface area contributed by atoms with Gasteiger partial charge in [0.1, 0.15) is 24.2 Å². The summed E-state index contributed by atoms with van der Waals surface area (Å²) in [6, 6.07) is 24.0. The molecule has 7 heteroatoms. The van der Waals surface area contributed by atoms with Crippen molar-refractivity contribution in [1.29, 1.82) is 0 Å². The maximum Gasteiger partial charge on any atom is 0.230 e. The van der Waals surface area contributed by atoms with Gasteiger partial charge in [-0.25, -0.2) is 0 Å². The molecule has 1 heterocycles. The van der Waals surface area contributed by atoms with Crippen LogP contribution in [0.1, 0.15) is 11.3 Å². The Morgan fingerprint density at radius 1 is 0.971 bits per heavy atom. The molecule has 1 aromatic heterocycles. The fraction of sp³-hybridized carbons (Fsp3) is 0.214. The van der Waals surface area contributed by atoms with Crippen LogP contribution in [-0.2, 0) is 17.6 Å². The van der Waals surface area contributed by atoms with Crippen LogP contribution >= 0.6 is 0 Å². The van der Waals surface area contributed by atoms with Crippen molar-refractivity contribution in [3.05, 3.63) is 96.3 Å². The minimum atomic E-state index is -0.640. The van der Waals surface area contributed by atoms with E-state index in [0.29, 0.717) is 18.8 Å². The molecule has 0 saturated heterocycles. The predicted molar refractivity (Wildman–Crippen MR) is 137 cm³/mol. The number of phenolic OH excluding ortho intramolecular Hbond substituents is 1. The molecule has 4 rings (SSSR count). The summed E-state index contributed by atoms with van der Waals surface area (Å²) < 4.78 is 5.50. The molecule has 4 N–H and O–H groups in total. The summed E-state index contributed by atoms with van der Waals surface area (Å²) in [5.74, 6) is 0.668. The smallest absolute Gasteiger partial charge is 0.230 e. The Morgan fingerprint density at radius 3 is 2.49 bits per heavy atom. The predicted octanol–water partition coefficient (Wildman–Crippen LogP) is 3.69. The Kier molecular flexibility index (Phi) is 8.27.